The van der Waals surface area contributed by atoms with Gasteiger partial charge in [0.25, 0.3) is 0 Å². The molecule has 3 aromatic rings. The number of halogens is 1. The van der Waals surface area contributed by atoms with Crippen molar-refractivity contribution in [1.82, 2.24) is 0 Å². The largest absolute Gasteiger partial charge is 0.507 e. The van der Waals surface area contributed by atoms with Crippen LogP contribution in [0.5, 0.6) is 5.75 Å². The highest BCUT2D eigenvalue weighted by Crippen LogP contribution is 2.35. The number of hydrogen-bond donors (Lipinski definition) is 3. The maximum absolute atomic E-state index is 12.7. The molecule has 1 unspecified atom stereocenters. The van der Waals surface area contributed by atoms with Crippen molar-refractivity contribution in [2.24, 2.45) is 5.73 Å². The van der Waals surface area contributed by atoms with Crippen LogP contribution in [0.2, 0.25) is 5.02 Å². The first-order valence-corrected chi connectivity index (χ1v) is 13.2. The van der Waals surface area contributed by atoms with Crippen LogP contribution in [-0.2, 0) is 19.6 Å². The fourth-order valence-electron chi connectivity index (χ4n) is 4.79. The van der Waals surface area contributed by atoms with Crippen molar-refractivity contribution in [2.45, 2.75) is 44.6 Å². The number of nitrogens with one attached hydrogen (secondary N) is 1. The number of allylic oxidation sites excluding steroid dienone is 2. The molecule has 1 aliphatic rings. The molecule has 8 heteroatoms. The van der Waals surface area contributed by atoms with Gasteiger partial charge in [-0.2, -0.15) is 4.89 Å². The fraction of sp³-hybridized carbons (Fsp3) is 0.258. The molecule has 0 saturated carbocycles. The normalized spacial score (nSPS) is 17.1. The lowest BCUT2D eigenvalue weighted by molar-refractivity contribution is -0.478. The summed E-state index contributed by atoms with van der Waals surface area (Å²) in [6, 6.07) is 18.8. The minimum atomic E-state index is -0.373. The maximum Gasteiger partial charge on any atom is 0.224 e. The number of hydrogen-bond acceptors (Lipinski definition) is 6. The van der Waals surface area contributed by atoms with Gasteiger partial charge in [-0.25, -0.2) is 0 Å². The Bertz CT molecular complexity index is 1370. The third-order valence-electron chi connectivity index (χ3n) is 6.76. The number of aryl methyl sites for hydroxylation is 1. The molecule has 39 heavy (non-hydrogen) atoms. The van der Waals surface area contributed by atoms with E-state index >= 15 is 0 Å². The summed E-state index contributed by atoms with van der Waals surface area (Å²) in [7, 11) is 1.32. The van der Waals surface area contributed by atoms with Gasteiger partial charge in [-0.3, -0.25) is 4.79 Å². The molecule has 0 radical (unpaired) electrons. The van der Waals surface area contributed by atoms with E-state index in [2.05, 4.69) is 27.4 Å². The molecule has 4 rings (SSSR count). The van der Waals surface area contributed by atoms with Gasteiger partial charge < -0.3 is 21.0 Å². The van der Waals surface area contributed by atoms with Crippen molar-refractivity contribution in [3.63, 3.8) is 0 Å². The Morgan fingerprint density at radius 1 is 1.15 bits per heavy atom. The highest BCUT2D eigenvalue weighted by Gasteiger charge is 2.21. The van der Waals surface area contributed by atoms with Crippen molar-refractivity contribution in [2.75, 3.05) is 12.4 Å². The number of aromatic hydroxyl groups is 1. The van der Waals surface area contributed by atoms with Crippen LogP contribution in [-0.4, -0.2) is 24.2 Å². The zero-order chi connectivity index (χ0) is 27.8. The van der Waals surface area contributed by atoms with Gasteiger partial charge in [0.1, 0.15) is 12.0 Å². The number of carbonyl (C=O) groups is 1. The number of phenols is 1. The molecular formula is C31H33ClN2O5. The highest BCUT2D eigenvalue weighted by atomic mass is 35.5. The van der Waals surface area contributed by atoms with E-state index in [1.165, 1.54) is 19.4 Å². The Hall–Kier alpha value is -3.62. The summed E-state index contributed by atoms with van der Waals surface area (Å²) in [5, 5.41) is 18.5. The first-order valence-electron chi connectivity index (χ1n) is 12.9. The van der Waals surface area contributed by atoms with Gasteiger partial charge >= 0.3 is 0 Å². The molecule has 0 spiro atoms. The van der Waals surface area contributed by atoms with E-state index in [-0.39, 0.29) is 23.6 Å². The molecular weight excluding hydrogens is 516 g/mol. The van der Waals surface area contributed by atoms with Gasteiger partial charge in [-0.15, -0.1) is 0 Å². The summed E-state index contributed by atoms with van der Waals surface area (Å²) in [5.41, 5.74) is 12.7. The molecule has 0 saturated heterocycles. The van der Waals surface area contributed by atoms with Gasteiger partial charge in [0.15, 0.2) is 0 Å². The minimum absolute atomic E-state index is 0.00806. The lowest BCUT2D eigenvalue weighted by Crippen LogP contribution is -2.26. The molecule has 4 N–H and O–H groups in total. The van der Waals surface area contributed by atoms with Gasteiger partial charge in [0.05, 0.1) is 7.11 Å². The average Bonchev–Trinajstić information content (AvgIpc) is 2.91. The van der Waals surface area contributed by atoms with Crippen LogP contribution in [0.4, 0.5) is 5.69 Å². The zero-order valence-corrected chi connectivity index (χ0v) is 22.8. The Balaban J connectivity index is 1.69. The second-order valence-corrected chi connectivity index (χ2v) is 10.0. The minimum Gasteiger partial charge on any atom is -0.507 e. The maximum atomic E-state index is 12.7. The third-order valence-corrected chi connectivity index (χ3v) is 6.99. The smallest absolute Gasteiger partial charge is 0.224 e. The Morgan fingerprint density at radius 3 is 2.82 bits per heavy atom. The van der Waals surface area contributed by atoms with Crippen LogP contribution in [0.3, 0.4) is 0 Å². The summed E-state index contributed by atoms with van der Waals surface area (Å²) in [6.07, 6.45) is 7.77. The Labute approximate surface area is 233 Å². The zero-order valence-electron chi connectivity index (χ0n) is 22.0. The lowest BCUT2D eigenvalue weighted by atomic mass is 9.84. The molecule has 0 aromatic heterocycles. The van der Waals surface area contributed by atoms with Crippen LogP contribution in [0, 0.1) is 6.92 Å². The van der Waals surface area contributed by atoms with Gasteiger partial charge in [0, 0.05) is 45.8 Å². The van der Waals surface area contributed by atoms with Crippen molar-refractivity contribution < 1.29 is 24.7 Å². The van der Waals surface area contributed by atoms with Crippen molar-refractivity contribution in [3.05, 3.63) is 101 Å². The number of fused-ring (bicyclic) bond motifs is 4. The van der Waals surface area contributed by atoms with E-state index in [1.807, 2.05) is 43.3 Å². The molecule has 2 atom stereocenters. The van der Waals surface area contributed by atoms with Gasteiger partial charge in [-0.1, -0.05) is 66.6 Å². The second-order valence-electron chi connectivity index (χ2n) is 9.58. The monoisotopic (exact) mass is 548 g/mol. The molecule has 1 aliphatic heterocycles. The summed E-state index contributed by atoms with van der Waals surface area (Å²) in [5.74, 6) is 0.0208. The Morgan fingerprint density at radius 2 is 2.00 bits per heavy atom. The molecule has 3 aromatic carbocycles. The van der Waals surface area contributed by atoms with E-state index in [0.717, 1.165) is 47.2 Å². The first-order chi connectivity index (χ1) is 18.9. The van der Waals surface area contributed by atoms with Crippen molar-refractivity contribution in [1.29, 1.82) is 0 Å². The van der Waals surface area contributed by atoms with Crippen molar-refractivity contribution >= 4 is 28.8 Å². The van der Waals surface area contributed by atoms with E-state index in [9.17, 15) is 9.90 Å². The average molecular weight is 549 g/mol. The topological polar surface area (TPSA) is 103 Å². The van der Waals surface area contributed by atoms with Crippen molar-refractivity contribution in [3.8, 4) is 16.9 Å². The number of amides is 1. The molecule has 2 bridgehead atoms. The number of benzene rings is 3. The fourth-order valence-corrected chi connectivity index (χ4v) is 4.96. The molecule has 1 amide bonds. The van der Waals surface area contributed by atoms with E-state index in [0.29, 0.717) is 22.6 Å². The number of nitrogens with two attached hydrogens (primary N) is 1. The lowest BCUT2D eigenvalue weighted by Gasteiger charge is -2.24. The predicted octanol–water partition coefficient (Wildman–Crippen LogP) is 7.05. The summed E-state index contributed by atoms with van der Waals surface area (Å²) < 4.78 is 0. The van der Waals surface area contributed by atoms with Crippen LogP contribution < -0.4 is 11.1 Å². The first kappa shape index (κ1) is 28.4. The summed E-state index contributed by atoms with van der Waals surface area (Å²) >= 11 is 6.17. The van der Waals surface area contributed by atoms with Crippen LogP contribution in [0.1, 0.15) is 48.3 Å². The molecule has 1 heterocycles. The van der Waals surface area contributed by atoms with Crippen LogP contribution in [0.25, 0.3) is 16.7 Å². The van der Waals surface area contributed by atoms with Gasteiger partial charge in [0.2, 0.25) is 5.91 Å². The quantitative estimate of drug-likeness (QED) is 0.0960. The third kappa shape index (κ3) is 7.49. The molecule has 204 valence electrons. The molecule has 0 aliphatic carbocycles. The van der Waals surface area contributed by atoms with Crippen LogP contribution >= 0.6 is 11.6 Å². The van der Waals surface area contributed by atoms with E-state index in [4.69, 9.17) is 22.2 Å². The van der Waals surface area contributed by atoms with E-state index < -0.39 is 0 Å². The standard InChI is InChI=1S/C31H33ClN2O5/c1-20-10-13-26-22-7-5-6-21(17-22)25(8-3-4-9-31(36)34-29(26)16-20)28(33)14-11-23(19-38-39-37-2)27-18-24(32)12-15-30(27)35/h5-7,10-19,25,28,35H,3-4,8-9,33H2,1-2H3,(H,34,36)/b14-11-,23-19?/t25-,28?/m0/s1. The second kappa shape index (κ2) is 13.4. The van der Waals surface area contributed by atoms with Crippen LogP contribution in [0.15, 0.2) is 79.1 Å². The number of carbonyl (C=O) groups excluding carboxylic acids is 1. The number of rotatable bonds is 7. The number of phenolic OH excluding ortho intramolecular Hbond substituents is 1. The highest BCUT2D eigenvalue weighted by molar-refractivity contribution is 6.30. The predicted molar refractivity (Wildman–Crippen MR) is 154 cm³/mol. The van der Waals surface area contributed by atoms with Gasteiger partial charge in [-0.05, 0) is 65.8 Å². The van der Waals surface area contributed by atoms with E-state index in [1.54, 1.807) is 18.2 Å². The SMILES string of the molecule is COOOC=C(/C=C\C(N)[C@H]1CCCCC(=O)Nc2cc(C)ccc2-c2cccc1c2)c1cc(Cl)ccc1O. The molecule has 7 nitrogen and oxygen atoms in total. The Kier molecular flexibility index (Phi) is 9.79. The molecule has 0 fully saturated rings. The number of anilines is 1. The summed E-state index contributed by atoms with van der Waals surface area (Å²) in [4.78, 5) is 22.2. The summed E-state index contributed by atoms with van der Waals surface area (Å²) in [6.45, 7) is 2.01.